The summed E-state index contributed by atoms with van der Waals surface area (Å²) in [6.45, 7) is 0.369. The SMILES string of the molecule is Cl.N[C@H](Cc1ccccc1)[C@@H](O)Cn1ccnn1.S. The fourth-order valence-corrected chi connectivity index (χ4v) is 1.68. The van der Waals surface area contributed by atoms with Crippen molar-refractivity contribution in [1.29, 1.82) is 0 Å². The van der Waals surface area contributed by atoms with Gasteiger partial charge in [-0.3, -0.25) is 0 Å². The summed E-state index contributed by atoms with van der Waals surface area (Å²) in [5.41, 5.74) is 7.08. The minimum atomic E-state index is -0.628. The third-order valence-electron chi connectivity index (χ3n) is 2.65. The molecule has 106 valence electrons. The number of aromatic nitrogens is 3. The van der Waals surface area contributed by atoms with E-state index in [0.717, 1.165) is 5.56 Å². The molecule has 0 saturated carbocycles. The van der Waals surface area contributed by atoms with Crippen LogP contribution in [-0.2, 0) is 13.0 Å². The van der Waals surface area contributed by atoms with Gasteiger partial charge in [0.2, 0.25) is 0 Å². The fraction of sp³-hybridized carbons (Fsp3) is 0.333. The lowest BCUT2D eigenvalue weighted by Gasteiger charge is -2.18. The molecule has 1 aromatic heterocycles. The Morgan fingerprint density at radius 3 is 2.53 bits per heavy atom. The van der Waals surface area contributed by atoms with Crippen LogP contribution in [0.3, 0.4) is 0 Å². The van der Waals surface area contributed by atoms with Gasteiger partial charge in [-0.2, -0.15) is 13.5 Å². The van der Waals surface area contributed by atoms with Crippen LogP contribution in [0.5, 0.6) is 0 Å². The van der Waals surface area contributed by atoms with Crippen molar-refractivity contribution in [2.24, 2.45) is 5.73 Å². The van der Waals surface area contributed by atoms with Crippen LogP contribution in [0.1, 0.15) is 5.56 Å². The zero-order chi connectivity index (χ0) is 12.1. The molecule has 0 bridgehead atoms. The summed E-state index contributed by atoms with van der Waals surface area (Å²) in [5.74, 6) is 0. The van der Waals surface area contributed by atoms with Gasteiger partial charge < -0.3 is 10.8 Å². The predicted molar refractivity (Wildman–Crippen MR) is 81.8 cm³/mol. The Hall–Kier alpha value is -1.08. The molecule has 0 aliphatic rings. The molecule has 3 N–H and O–H groups in total. The topological polar surface area (TPSA) is 77.0 Å². The highest BCUT2D eigenvalue weighted by Gasteiger charge is 2.16. The summed E-state index contributed by atoms with van der Waals surface area (Å²) in [7, 11) is 0. The van der Waals surface area contributed by atoms with Gasteiger partial charge in [-0.15, -0.1) is 17.5 Å². The number of benzene rings is 1. The lowest BCUT2D eigenvalue weighted by Crippen LogP contribution is -2.39. The number of rotatable bonds is 5. The van der Waals surface area contributed by atoms with Gasteiger partial charge in [0.15, 0.2) is 0 Å². The number of aliphatic hydroxyl groups is 1. The van der Waals surface area contributed by atoms with E-state index in [2.05, 4.69) is 10.3 Å². The molecule has 0 saturated heterocycles. The van der Waals surface area contributed by atoms with E-state index >= 15 is 0 Å². The van der Waals surface area contributed by atoms with E-state index in [9.17, 15) is 5.11 Å². The highest BCUT2D eigenvalue weighted by molar-refractivity contribution is 7.59. The Balaban J connectivity index is 0.00000162. The van der Waals surface area contributed by atoms with Gasteiger partial charge >= 0.3 is 0 Å². The van der Waals surface area contributed by atoms with Gasteiger partial charge in [-0.1, -0.05) is 35.5 Å². The van der Waals surface area contributed by atoms with Gasteiger partial charge in [-0.05, 0) is 12.0 Å². The Bertz CT molecular complexity index is 440. The minimum absolute atomic E-state index is 0. The highest BCUT2D eigenvalue weighted by atomic mass is 35.5. The lowest BCUT2D eigenvalue weighted by atomic mass is 10.0. The van der Waals surface area contributed by atoms with Crippen molar-refractivity contribution < 1.29 is 5.11 Å². The maximum absolute atomic E-state index is 9.94. The van der Waals surface area contributed by atoms with Gasteiger partial charge in [0, 0.05) is 12.2 Å². The molecule has 2 aromatic rings. The highest BCUT2D eigenvalue weighted by Crippen LogP contribution is 2.05. The molecule has 0 spiro atoms. The molecule has 0 amide bonds. The summed E-state index contributed by atoms with van der Waals surface area (Å²) in [6.07, 6.45) is 3.31. The molecule has 5 nitrogen and oxygen atoms in total. The number of halogens is 1. The largest absolute Gasteiger partial charge is 0.390 e. The summed E-state index contributed by atoms with van der Waals surface area (Å²) in [5, 5.41) is 17.4. The maximum Gasteiger partial charge on any atom is 0.0890 e. The van der Waals surface area contributed by atoms with E-state index in [0.29, 0.717) is 13.0 Å². The molecule has 0 fully saturated rings. The van der Waals surface area contributed by atoms with Crippen molar-refractivity contribution in [3.63, 3.8) is 0 Å². The summed E-state index contributed by atoms with van der Waals surface area (Å²) >= 11 is 0. The number of hydrogen-bond acceptors (Lipinski definition) is 4. The monoisotopic (exact) mass is 302 g/mol. The normalized spacial score (nSPS) is 12.9. The fourth-order valence-electron chi connectivity index (χ4n) is 1.68. The molecule has 1 heterocycles. The molecule has 0 aliphatic carbocycles. The molecule has 2 rings (SSSR count). The van der Waals surface area contributed by atoms with E-state index in [-0.39, 0.29) is 31.9 Å². The van der Waals surface area contributed by atoms with Gasteiger partial charge in [0.1, 0.15) is 0 Å². The van der Waals surface area contributed by atoms with Crippen LogP contribution in [0.2, 0.25) is 0 Å². The second kappa shape index (κ2) is 8.92. The third kappa shape index (κ3) is 5.61. The molecule has 0 aliphatic heterocycles. The van der Waals surface area contributed by atoms with Crippen LogP contribution in [0.4, 0.5) is 0 Å². The number of nitrogens with two attached hydrogens (primary N) is 1. The first-order valence-corrected chi connectivity index (χ1v) is 5.57. The number of nitrogens with zero attached hydrogens (tertiary/aromatic N) is 3. The van der Waals surface area contributed by atoms with Crippen molar-refractivity contribution in [2.75, 3.05) is 0 Å². The second-order valence-corrected chi connectivity index (χ2v) is 4.05. The van der Waals surface area contributed by atoms with E-state index in [4.69, 9.17) is 5.73 Å². The second-order valence-electron chi connectivity index (χ2n) is 4.05. The summed E-state index contributed by atoms with van der Waals surface area (Å²) in [6, 6.07) is 9.59. The minimum Gasteiger partial charge on any atom is -0.390 e. The Morgan fingerprint density at radius 2 is 1.95 bits per heavy atom. The van der Waals surface area contributed by atoms with E-state index in [1.54, 1.807) is 17.1 Å². The molecule has 0 unspecified atom stereocenters. The van der Waals surface area contributed by atoms with Crippen molar-refractivity contribution in [2.45, 2.75) is 25.1 Å². The van der Waals surface area contributed by atoms with Crippen molar-refractivity contribution in [3.8, 4) is 0 Å². The quantitative estimate of drug-likeness (QED) is 0.854. The van der Waals surface area contributed by atoms with Crippen molar-refractivity contribution >= 4 is 25.9 Å². The standard InChI is InChI=1S/C12H16N4O.ClH.H2S/c13-11(8-10-4-2-1-3-5-10)12(17)9-16-7-6-14-15-16;;/h1-7,11-12,17H,8-9,13H2;1H;1H2/t11-,12+;;/m1../s1. The zero-order valence-electron chi connectivity index (χ0n) is 10.4. The Labute approximate surface area is 125 Å². The van der Waals surface area contributed by atoms with E-state index < -0.39 is 6.10 Å². The predicted octanol–water partition coefficient (Wildman–Crippen LogP) is 0.744. The van der Waals surface area contributed by atoms with Crippen LogP contribution in [-0.4, -0.2) is 32.2 Å². The maximum atomic E-state index is 9.94. The van der Waals surface area contributed by atoms with E-state index in [1.165, 1.54) is 0 Å². The van der Waals surface area contributed by atoms with E-state index in [1.807, 2.05) is 30.3 Å². The first-order chi connectivity index (χ1) is 8.25. The van der Waals surface area contributed by atoms with Gasteiger partial charge in [-0.25, -0.2) is 4.68 Å². The molecule has 1 aromatic carbocycles. The lowest BCUT2D eigenvalue weighted by molar-refractivity contribution is 0.120. The van der Waals surface area contributed by atoms with Crippen LogP contribution in [0.25, 0.3) is 0 Å². The van der Waals surface area contributed by atoms with Crippen LogP contribution in [0, 0.1) is 0 Å². The Kier molecular flexibility index (Phi) is 8.42. The molecular weight excluding hydrogens is 284 g/mol. The molecular formula is C12H19ClN4OS. The van der Waals surface area contributed by atoms with Gasteiger partial charge in [0.05, 0.1) is 18.8 Å². The number of aliphatic hydroxyl groups excluding tert-OH is 1. The van der Waals surface area contributed by atoms with Crippen molar-refractivity contribution in [3.05, 3.63) is 48.3 Å². The Morgan fingerprint density at radius 1 is 1.26 bits per heavy atom. The van der Waals surface area contributed by atoms with Crippen LogP contribution in [0.15, 0.2) is 42.7 Å². The smallest absolute Gasteiger partial charge is 0.0890 e. The van der Waals surface area contributed by atoms with Crippen LogP contribution >= 0.6 is 25.9 Å². The first kappa shape index (κ1) is 17.9. The molecule has 0 radical (unpaired) electrons. The molecule has 19 heavy (non-hydrogen) atoms. The van der Waals surface area contributed by atoms with Gasteiger partial charge in [0.25, 0.3) is 0 Å². The van der Waals surface area contributed by atoms with Crippen molar-refractivity contribution in [1.82, 2.24) is 15.0 Å². The number of hydrogen-bond donors (Lipinski definition) is 2. The average molecular weight is 303 g/mol. The van der Waals surface area contributed by atoms with Crippen LogP contribution < -0.4 is 5.73 Å². The molecule has 2 atom stereocenters. The average Bonchev–Trinajstić information content (AvgIpc) is 2.83. The zero-order valence-corrected chi connectivity index (χ0v) is 12.2. The summed E-state index contributed by atoms with van der Waals surface area (Å²) < 4.78 is 1.58. The summed E-state index contributed by atoms with van der Waals surface area (Å²) in [4.78, 5) is 0. The molecule has 7 heteroatoms. The first-order valence-electron chi connectivity index (χ1n) is 5.57. The third-order valence-corrected chi connectivity index (χ3v) is 2.65.